The minimum absolute atomic E-state index is 0.0918. The molecule has 0 aromatic heterocycles. The Labute approximate surface area is 129 Å². The third-order valence-electron chi connectivity index (χ3n) is 3.37. The maximum Gasteiger partial charge on any atom is 0.264 e. The Kier molecular flexibility index (Phi) is 5.39. The molecule has 1 aliphatic rings. The topological polar surface area (TPSA) is 71.8 Å². The number of nitrogens with zero attached hydrogens (tertiary/aromatic N) is 2. The second-order valence-electron chi connectivity index (χ2n) is 4.69. The van der Waals surface area contributed by atoms with Gasteiger partial charge in [-0.05, 0) is 23.8 Å². The minimum Gasteiger partial charge on any atom is -0.493 e. The SMILES string of the molecule is COc1ccc(/C=C(/C#N)C(=O)N2CCOCC2)cc1OC. The molecule has 1 amide bonds. The van der Waals surface area contributed by atoms with E-state index in [0.29, 0.717) is 43.4 Å². The summed E-state index contributed by atoms with van der Waals surface area (Å²) in [7, 11) is 3.09. The van der Waals surface area contributed by atoms with Gasteiger partial charge in [-0.2, -0.15) is 5.26 Å². The van der Waals surface area contributed by atoms with E-state index in [1.807, 2.05) is 6.07 Å². The third-order valence-corrected chi connectivity index (χ3v) is 3.37. The van der Waals surface area contributed by atoms with Crippen LogP contribution in [-0.2, 0) is 9.53 Å². The molecule has 1 aromatic rings. The fraction of sp³-hybridized carbons (Fsp3) is 0.375. The zero-order valence-corrected chi connectivity index (χ0v) is 12.7. The second-order valence-corrected chi connectivity index (χ2v) is 4.69. The zero-order valence-electron chi connectivity index (χ0n) is 12.7. The van der Waals surface area contributed by atoms with Crippen LogP contribution < -0.4 is 9.47 Å². The third kappa shape index (κ3) is 3.57. The molecule has 1 aromatic carbocycles. The Bertz CT molecular complexity index is 613. The van der Waals surface area contributed by atoms with E-state index in [-0.39, 0.29) is 11.5 Å². The van der Waals surface area contributed by atoms with Crippen molar-refractivity contribution in [2.24, 2.45) is 0 Å². The molecule has 6 heteroatoms. The summed E-state index contributed by atoms with van der Waals surface area (Å²) < 4.78 is 15.6. The summed E-state index contributed by atoms with van der Waals surface area (Å²) in [6.45, 7) is 2.01. The van der Waals surface area contributed by atoms with Crippen molar-refractivity contribution in [3.63, 3.8) is 0 Å². The Morgan fingerprint density at radius 2 is 1.95 bits per heavy atom. The van der Waals surface area contributed by atoms with Gasteiger partial charge in [-0.15, -0.1) is 0 Å². The van der Waals surface area contributed by atoms with E-state index >= 15 is 0 Å². The summed E-state index contributed by atoms with van der Waals surface area (Å²) in [6.07, 6.45) is 1.56. The number of rotatable bonds is 4. The molecule has 0 aliphatic carbocycles. The minimum atomic E-state index is -0.277. The predicted octanol–water partition coefficient (Wildman–Crippen LogP) is 1.47. The zero-order chi connectivity index (χ0) is 15.9. The van der Waals surface area contributed by atoms with Crippen molar-refractivity contribution in [3.8, 4) is 17.6 Å². The number of nitriles is 1. The first-order valence-electron chi connectivity index (χ1n) is 6.90. The lowest BCUT2D eigenvalue weighted by molar-refractivity contribution is -0.130. The van der Waals surface area contributed by atoms with Gasteiger partial charge in [0.15, 0.2) is 11.5 Å². The van der Waals surface area contributed by atoms with Gasteiger partial charge < -0.3 is 19.1 Å². The Morgan fingerprint density at radius 3 is 2.55 bits per heavy atom. The number of benzene rings is 1. The highest BCUT2D eigenvalue weighted by atomic mass is 16.5. The fourth-order valence-corrected chi connectivity index (χ4v) is 2.19. The number of amides is 1. The number of ether oxygens (including phenoxy) is 3. The molecule has 0 radical (unpaired) electrons. The van der Waals surface area contributed by atoms with E-state index in [1.165, 1.54) is 7.11 Å². The standard InChI is InChI=1S/C16H18N2O4/c1-20-14-4-3-12(10-15(14)21-2)9-13(11-17)16(19)18-5-7-22-8-6-18/h3-4,9-10H,5-8H2,1-2H3/b13-9-. The van der Waals surface area contributed by atoms with Crippen molar-refractivity contribution in [2.75, 3.05) is 40.5 Å². The van der Waals surface area contributed by atoms with Crippen molar-refractivity contribution >= 4 is 12.0 Å². The first-order chi connectivity index (χ1) is 10.7. The molecule has 0 unspecified atom stereocenters. The van der Waals surface area contributed by atoms with E-state index < -0.39 is 0 Å². The molecule has 0 bridgehead atoms. The van der Waals surface area contributed by atoms with E-state index in [2.05, 4.69) is 0 Å². The monoisotopic (exact) mass is 302 g/mol. The van der Waals surface area contributed by atoms with Crippen LogP contribution in [0.4, 0.5) is 0 Å². The van der Waals surface area contributed by atoms with E-state index in [1.54, 1.807) is 36.3 Å². The Hall–Kier alpha value is -2.52. The van der Waals surface area contributed by atoms with Gasteiger partial charge in [0.25, 0.3) is 5.91 Å². The average Bonchev–Trinajstić information content (AvgIpc) is 2.59. The van der Waals surface area contributed by atoms with Gasteiger partial charge in [-0.25, -0.2) is 0 Å². The Balaban J connectivity index is 2.24. The summed E-state index contributed by atoms with van der Waals surface area (Å²) in [5.41, 5.74) is 0.796. The molecule has 0 spiro atoms. The number of carbonyl (C=O) groups excluding carboxylic acids is 1. The number of carbonyl (C=O) groups is 1. The first-order valence-corrected chi connectivity index (χ1v) is 6.90. The summed E-state index contributed by atoms with van der Waals surface area (Å²) in [5.74, 6) is 0.866. The van der Waals surface area contributed by atoms with Gasteiger partial charge in [0.1, 0.15) is 11.6 Å². The van der Waals surface area contributed by atoms with Crippen LogP contribution in [0.2, 0.25) is 0 Å². The molecule has 0 N–H and O–H groups in total. The lowest BCUT2D eigenvalue weighted by Gasteiger charge is -2.26. The van der Waals surface area contributed by atoms with E-state index in [9.17, 15) is 10.1 Å². The smallest absolute Gasteiger partial charge is 0.264 e. The van der Waals surface area contributed by atoms with Crippen LogP contribution in [0.1, 0.15) is 5.56 Å². The molecule has 1 aliphatic heterocycles. The van der Waals surface area contributed by atoms with E-state index in [4.69, 9.17) is 14.2 Å². The largest absolute Gasteiger partial charge is 0.493 e. The van der Waals surface area contributed by atoms with Crippen molar-refractivity contribution in [1.29, 1.82) is 5.26 Å². The predicted molar refractivity (Wildman–Crippen MR) is 80.5 cm³/mol. The molecule has 1 saturated heterocycles. The first kappa shape index (κ1) is 15.9. The van der Waals surface area contributed by atoms with Gasteiger partial charge in [0.05, 0.1) is 27.4 Å². The molecule has 1 fully saturated rings. The maximum atomic E-state index is 12.3. The van der Waals surface area contributed by atoms with Gasteiger partial charge >= 0.3 is 0 Å². The highest BCUT2D eigenvalue weighted by molar-refractivity contribution is 6.01. The molecule has 0 saturated carbocycles. The van der Waals surface area contributed by atoms with Gasteiger partial charge in [0.2, 0.25) is 0 Å². The van der Waals surface area contributed by atoms with Crippen molar-refractivity contribution < 1.29 is 19.0 Å². The molecular weight excluding hydrogens is 284 g/mol. The summed E-state index contributed by atoms with van der Waals surface area (Å²) in [5, 5.41) is 9.26. The van der Waals surface area contributed by atoms with Crippen LogP contribution >= 0.6 is 0 Å². The summed E-state index contributed by atoms with van der Waals surface area (Å²) >= 11 is 0. The number of methoxy groups -OCH3 is 2. The van der Waals surface area contributed by atoms with Crippen molar-refractivity contribution in [2.45, 2.75) is 0 Å². The summed E-state index contributed by atoms with van der Waals surface area (Å²) in [6, 6.07) is 7.20. The molecule has 0 atom stereocenters. The van der Waals surface area contributed by atoms with Crippen LogP contribution in [0, 0.1) is 11.3 Å². The number of morpholine rings is 1. The lowest BCUT2D eigenvalue weighted by Crippen LogP contribution is -2.41. The van der Waals surface area contributed by atoms with Crippen LogP contribution in [0.3, 0.4) is 0 Å². The highest BCUT2D eigenvalue weighted by Crippen LogP contribution is 2.28. The molecule has 1 heterocycles. The second kappa shape index (κ2) is 7.48. The normalized spacial score (nSPS) is 15.1. The lowest BCUT2D eigenvalue weighted by atomic mass is 10.1. The average molecular weight is 302 g/mol. The van der Waals surface area contributed by atoms with Crippen molar-refractivity contribution in [3.05, 3.63) is 29.3 Å². The van der Waals surface area contributed by atoms with Crippen LogP contribution in [0.5, 0.6) is 11.5 Å². The molecular formula is C16H18N2O4. The van der Waals surface area contributed by atoms with Gasteiger partial charge in [0, 0.05) is 13.1 Å². The van der Waals surface area contributed by atoms with E-state index in [0.717, 1.165) is 0 Å². The number of hydrogen-bond acceptors (Lipinski definition) is 5. The number of hydrogen-bond donors (Lipinski definition) is 0. The van der Waals surface area contributed by atoms with Crippen LogP contribution in [-0.4, -0.2) is 51.3 Å². The molecule has 6 nitrogen and oxygen atoms in total. The molecule has 22 heavy (non-hydrogen) atoms. The maximum absolute atomic E-state index is 12.3. The van der Waals surface area contributed by atoms with Gasteiger partial charge in [-0.3, -0.25) is 4.79 Å². The highest BCUT2D eigenvalue weighted by Gasteiger charge is 2.20. The fourth-order valence-electron chi connectivity index (χ4n) is 2.19. The molecule has 2 rings (SSSR count). The Morgan fingerprint density at radius 1 is 1.27 bits per heavy atom. The molecule has 116 valence electrons. The summed E-state index contributed by atoms with van der Waals surface area (Å²) in [4.78, 5) is 14.0. The van der Waals surface area contributed by atoms with Crippen LogP contribution in [0.25, 0.3) is 6.08 Å². The van der Waals surface area contributed by atoms with Gasteiger partial charge in [-0.1, -0.05) is 6.07 Å². The van der Waals surface area contributed by atoms with Crippen molar-refractivity contribution in [1.82, 2.24) is 4.90 Å². The quantitative estimate of drug-likeness (QED) is 0.622. The van der Waals surface area contributed by atoms with Crippen LogP contribution in [0.15, 0.2) is 23.8 Å².